The minimum absolute atomic E-state index is 0.0758. The van der Waals surface area contributed by atoms with Gasteiger partial charge in [-0.1, -0.05) is 22.6 Å². The second-order valence-electron chi connectivity index (χ2n) is 2.92. The van der Waals surface area contributed by atoms with Crippen LogP contribution in [0.2, 0.25) is 0 Å². The average Bonchev–Trinajstić information content (AvgIpc) is 2.21. The van der Waals surface area contributed by atoms with Crippen molar-refractivity contribution in [3.05, 3.63) is 22.8 Å². The van der Waals surface area contributed by atoms with Crippen molar-refractivity contribution in [1.82, 2.24) is 4.98 Å². The number of aromatic nitrogens is 1. The standard InChI is InChI=1S/C9H8BrIN2O3/c10-5-1-2-7(12-4-5)13-8(14)3-6(11)9(15)16/h1-2,4,6H,3H2,(H,15,16)(H,12,13,14). The Hall–Kier alpha value is -0.700. The van der Waals surface area contributed by atoms with Gasteiger partial charge >= 0.3 is 5.97 Å². The molecular weight excluding hydrogens is 391 g/mol. The third-order valence-electron chi connectivity index (χ3n) is 1.63. The van der Waals surface area contributed by atoms with Crippen LogP contribution >= 0.6 is 38.5 Å². The maximum Gasteiger partial charge on any atom is 0.316 e. The second kappa shape index (κ2) is 6.14. The molecule has 2 N–H and O–H groups in total. The Morgan fingerprint density at radius 2 is 2.25 bits per heavy atom. The number of carbonyl (C=O) groups is 2. The Morgan fingerprint density at radius 3 is 2.75 bits per heavy atom. The highest BCUT2D eigenvalue weighted by Crippen LogP contribution is 2.12. The van der Waals surface area contributed by atoms with E-state index in [1.807, 2.05) is 0 Å². The lowest BCUT2D eigenvalue weighted by Crippen LogP contribution is -2.22. The Morgan fingerprint density at radius 1 is 1.56 bits per heavy atom. The van der Waals surface area contributed by atoms with Gasteiger partial charge in [0.15, 0.2) is 0 Å². The van der Waals surface area contributed by atoms with Crippen LogP contribution in [-0.4, -0.2) is 25.9 Å². The van der Waals surface area contributed by atoms with E-state index in [4.69, 9.17) is 5.11 Å². The third-order valence-corrected chi connectivity index (χ3v) is 3.07. The fraction of sp³-hybridized carbons (Fsp3) is 0.222. The van der Waals surface area contributed by atoms with Crippen LogP contribution in [0.25, 0.3) is 0 Å². The van der Waals surface area contributed by atoms with Gasteiger partial charge in [0, 0.05) is 17.1 Å². The third kappa shape index (κ3) is 4.44. The van der Waals surface area contributed by atoms with Gasteiger partial charge in [-0.3, -0.25) is 9.59 Å². The predicted molar refractivity (Wildman–Crippen MR) is 70.6 cm³/mol. The molecule has 1 heterocycles. The lowest BCUT2D eigenvalue weighted by Gasteiger charge is -2.05. The van der Waals surface area contributed by atoms with Gasteiger partial charge in [0.1, 0.15) is 9.74 Å². The number of amides is 1. The van der Waals surface area contributed by atoms with Gasteiger partial charge in [-0.2, -0.15) is 0 Å². The number of nitrogens with one attached hydrogen (secondary N) is 1. The van der Waals surface area contributed by atoms with Crippen LogP contribution in [0, 0.1) is 0 Å². The maximum atomic E-state index is 11.4. The number of carbonyl (C=O) groups excluding carboxylic acids is 1. The Kier molecular flexibility index (Phi) is 5.13. The Balaban J connectivity index is 2.52. The molecule has 0 aromatic carbocycles. The summed E-state index contributed by atoms with van der Waals surface area (Å²) in [6, 6.07) is 3.37. The smallest absolute Gasteiger partial charge is 0.316 e. The van der Waals surface area contributed by atoms with Crippen LogP contribution < -0.4 is 5.32 Å². The first-order chi connectivity index (χ1) is 7.49. The highest BCUT2D eigenvalue weighted by Gasteiger charge is 2.17. The number of carboxylic acid groups (broad SMARTS) is 1. The topological polar surface area (TPSA) is 79.3 Å². The molecule has 0 aliphatic rings. The highest BCUT2D eigenvalue weighted by molar-refractivity contribution is 14.1. The molecule has 0 saturated carbocycles. The molecule has 0 aliphatic heterocycles. The summed E-state index contributed by atoms with van der Waals surface area (Å²) in [7, 11) is 0. The van der Waals surface area contributed by atoms with E-state index in [1.165, 1.54) is 0 Å². The average molecular weight is 399 g/mol. The van der Waals surface area contributed by atoms with Crippen molar-refractivity contribution in [2.24, 2.45) is 0 Å². The van der Waals surface area contributed by atoms with Gasteiger partial charge in [0.2, 0.25) is 5.91 Å². The van der Waals surface area contributed by atoms with Crippen molar-refractivity contribution in [3.8, 4) is 0 Å². The molecule has 16 heavy (non-hydrogen) atoms. The minimum atomic E-state index is -1.00. The number of halogens is 2. The van der Waals surface area contributed by atoms with Crippen LogP contribution in [0.15, 0.2) is 22.8 Å². The van der Waals surface area contributed by atoms with Gasteiger partial charge in [-0.25, -0.2) is 4.98 Å². The maximum absolute atomic E-state index is 11.4. The first-order valence-corrected chi connectivity index (χ1v) is 6.31. The summed E-state index contributed by atoms with van der Waals surface area (Å²) in [4.78, 5) is 25.8. The summed E-state index contributed by atoms with van der Waals surface area (Å²) in [6.45, 7) is 0. The van der Waals surface area contributed by atoms with E-state index in [2.05, 4.69) is 26.2 Å². The van der Waals surface area contributed by atoms with E-state index >= 15 is 0 Å². The molecule has 1 aromatic rings. The van der Waals surface area contributed by atoms with Crippen LogP contribution in [-0.2, 0) is 9.59 Å². The van der Waals surface area contributed by atoms with E-state index in [0.717, 1.165) is 4.47 Å². The zero-order chi connectivity index (χ0) is 12.1. The van der Waals surface area contributed by atoms with Crippen LogP contribution in [0.5, 0.6) is 0 Å². The van der Waals surface area contributed by atoms with Gasteiger partial charge in [0.25, 0.3) is 0 Å². The molecule has 1 atom stereocenters. The van der Waals surface area contributed by atoms with E-state index in [9.17, 15) is 9.59 Å². The Bertz CT molecular complexity index is 396. The van der Waals surface area contributed by atoms with E-state index < -0.39 is 9.89 Å². The lowest BCUT2D eigenvalue weighted by molar-refractivity contribution is -0.137. The van der Waals surface area contributed by atoms with Crippen molar-refractivity contribution in [1.29, 1.82) is 0 Å². The normalized spacial score (nSPS) is 11.9. The number of anilines is 1. The van der Waals surface area contributed by atoms with E-state index in [0.29, 0.717) is 5.82 Å². The van der Waals surface area contributed by atoms with Crippen LogP contribution in [0.1, 0.15) is 6.42 Å². The SMILES string of the molecule is O=C(CC(I)C(=O)O)Nc1ccc(Br)cn1. The monoisotopic (exact) mass is 398 g/mol. The largest absolute Gasteiger partial charge is 0.480 e. The zero-order valence-corrected chi connectivity index (χ0v) is 11.7. The van der Waals surface area contributed by atoms with Crippen molar-refractivity contribution in [2.75, 3.05) is 5.32 Å². The van der Waals surface area contributed by atoms with E-state index in [-0.39, 0.29) is 12.3 Å². The molecule has 5 nitrogen and oxygen atoms in total. The van der Waals surface area contributed by atoms with Crippen molar-refractivity contribution in [2.45, 2.75) is 10.3 Å². The summed E-state index contributed by atoms with van der Waals surface area (Å²) in [6.07, 6.45) is 1.47. The highest BCUT2D eigenvalue weighted by atomic mass is 127. The molecule has 1 rings (SSSR count). The van der Waals surface area contributed by atoms with Crippen molar-refractivity contribution < 1.29 is 14.7 Å². The number of nitrogens with zero attached hydrogens (tertiary/aromatic N) is 1. The summed E-state index contributed by atoms with van der Waals surface area (Å²) in [5.74, 6) is -0.960. The number of aliphatic carboxylic acids is 1. The number of rotatable bonds is 4. The molecule has 0 radical (unpaired) electrons. The molecule has 1 amide bonds. The number of alkyl halides is 1. The lowest BCUT2D eigenvalue weighted by atomic mass is 10.3. The fourth-order valence-corrected chi connectivity index (χ4v) is 1.53. The second-order valence-corrected chi connectivity index (χ2v) is 5.34. The molecule has 1 aromatic heterocycles. The number of hydrogen-bond acceptors (Lipinski definition) is 3. The summed E-state index contributed by atoms with van der Waals surface area (Å²) in [5.41, 5.74) is 0. The van der Waals surface area contributed by atoms with E-state index in [1.54, 1.807) is 40.9 Å². The molecule has 0 fully saturated rings. The van der Waals surface area contributed by atoms with Gasteiger partial charge in [-0.05, 0) is 28.1 Å². The molecule has 0 aliphatic carbocycles. The van der Waals surface area contributed by atoms with Gasteiger partial charge in [0.05, 0.1) is 0 Å². The molecule has 0 spiro atoms. The Labute approximate surface area is 114 Å². The van der Waals surface area contributed by atoms with Gasteiger partial charge in [-0.15, -0.1) is 0 Å². The predicted octanol–water partition coefficient (Wildman–Crippen LogP) is 2.06. The van der Waals surface area contributed by atoms with Crippen LogP contribution in [0.3, 0.4) is 0 Å². The zero-order valence-electron chi connectivity index (χ0n) is 7.98. The minimum Gasteiger partial charge on any atom is -0.480 e. The first kappa shape index (κ1) is 13.4. The number of pyridine rings is 1. The summed E-state index contributed by atoms with van der Waals surface area (Å²) >= 11 is 4.92. The fourth-order valence-electron chi connectivity index (χ4n) is 0.894. The molecule has 1 unspecified atom stereocenters. The first-order valence-electron chi connectivity index (χ1n) is 4.27. The number of carboxylic acids is 1. The molecule has 7 heteroatoms. The number of hydrogen-bond donors (Lipinski definition) is 2. The molecule has 86 valence electrons. The van der Waals surface area contributed by atoms with Crippen molar-refractivity contribution in [3.63, 3.8) is 0 Å². The summed E-state index contributed by atoms with van der Waals surface area (Å²) in [5, 5.41) is 11.1. The van der Waals surface area contributed by atoms with Gasteiger partial charge < -0.3 is 10.4 Å². The van der Waals surface area contributed by atoms with Crippen LogP contribution in [0.4, 0.5) is 5.82 Å². The molecular formula is C9H8BrIN2O3. The summed E-state index contributed by atoms with van der Waals surface area (Å²) < 4.78 is 0.0795. The quantitative estimate of drug-likeness (QED) is 0.601. The molecule has 0 saturated heterocycles. The van der Waals surface area contributed by atoms with Crippen molar-refractivity contribution >= 4 is 56.2 Å². The molecule has 0 bridgehead atoms.